The predicted molar refractivity (Wildman–Crippen MR) is 108 cm³/mol. The molecule has 0 radical (unpaired) electrons. The summed E-state index contributed by atoms with van der Waals surface area (Å²) in [7, 11) is 1.62. The Morgan fingerprint density at radius 2 is 2.07 bits per heavy atom. The Bertz CT molecular complexity index is 997. The summed E-state index contributed by atoms with van der Waals surface area (Å²) in [5.74, 6) is 0.561. The molecule has 1 fully saturated rings. The van der Waals surface area contributed by atoms with Crippen LogP contribution in [0.1, 0.15) is 23.2 Å². The number of hydrogen-bond donors (Lipinski definition) is 1. The van der Waals surface area contributed by atoms with Crippen LogP contribution in [0, 0.1) is 5.92 Å². The molecule has 0 saturated carbocycles. The van der Waals surface area contributed by atoms with Gasteiger partial charge in [-0.05, 0) is 43.2 Å². The quantitative estimate of drug-likeness (QED) is 0.732. The fourth-order valence-corrected chi connectivity index (χ4v) is 4.21. The van der Waals surface area contributed by atoms with Crippen LogP contribution in [0.5, 0.6) is 5.75 Å². The van der Waals surface area contributed by atoms with Crippen LogP contribution in [0.25, 0.3) is 10.2 Å². The van der Waals surface area contributed by atoms with E-state index in [4.69, 9.17) is 4.74 Å². The summed E-state index contributed by atoms with van der Waals surface area (Å²) in [6, 6.07) is 9.15. The Morgan fingerprint density at radius 1 is 1.25 bits per heavy atom. The maximum Gasteiger partial charge on any atom is 0.255 e. The van der Waals surface area contributed by atoms with E-state index in [2.05, 4.69) is 15.3 Å². The van der Waals surface area contributed by atoms with Crippen molar-refractivity contribution in [3.63, 3.8) is 0 Å². The summed E-state index contributed by atoms with van der Waals surface area (Å²) >= 11 is 1.43. The number of nitrogens with zero attached hydrogens (tertiary/aromatic N) is 3. The summed E-state index contributed by atoms with van der Waals surface area (Å²) in [4.78, 5) is 35.4. The van der Waals surface area contributed by atoms with Crippen LogP contribution >= 0.6 is 11.3 Å². The predicted octanol–water partition coefficient (Wildman–Crippen LogP) is 3.19. The molecular weight excluding hydrogens is 376 g/mol. The number of amides is 2. The second kappa shape index (κ2) is 7.93. The molecule has 1 aliphatic rings. The van der Waals surface area contributed by atoms with Crippen LogP contribution in [-0.4, -0.2) is 46.9 Å². The van der Waals surface area contributed by atoms with Crippen molar-refractivity contribution in [2.24, 2.45) is 5.92 Å². The van der Waals surface area contributed by atoms with Crippen molar-refractivity contribution in [3.8, 4) is 5.75 Å². The molecule has 1 saturated heterocycles. The van der Waals surface area contributed by atoms with Gasteiger partial charge in [0, 0.05) is 31.4 Å². The first-order chi connectivity index (χ1) is 13.6. The molecule has 1 N–H and O–H groups in total. The first-order valence-corrected chi connectivity index (χ1v) is 9.90. The normalized spacial score (nSPS) is 14.8. The molecule has 7 nitrogen and oxygen atoms in total. The summed E-state index contributed by atoms with van der Waals surface area (Å²) in [6.45, 7) is 1.12. The molecule has 28 heavy (non-hydrogen) atoms. The third kappa shape index (κ3) is 3.82. The van der Waals surface area contributed by atoms with Crippen molar-refractivity contribution < 1.29 is 14.3 Å². The molecule has 2 amide bonds. The molecular formula is C20H20N4O3S. The largest absolute Gasteiger partial charge is 0.497 e. The minimum atomic E-state index is -0.125. The van der Waals surface area contributed by atoms with Crippen molar-refractivity contribution in [1.29, 1.82) is 0 Å². The van der Waals surface area contributed by atoms with Crippen molar-refractivity contribution >= 4 is 38.5 Å². The van der Waals surface area contributed by atoms with Gasteiger partial charge in [-0.1, -0.05) is 11.3 Å². The number of benzene rings is 1. The molecule has 3 aromatic rings. The highest BCUT2D eigenvalue weighted by Gasteiger charge is 2.28. The summed E-state index contributed by atoms with van der Waals surface area (Å²) in [6.07, 6.45) is 4.49. The van der Waals surface area contributed by atoms with Crippen LogP contribution in [0.2, 0.25) is 0 Å². The lowest BCUT2D eigenvalue weighted by Gasteiger charge is -2.31. The summed E-state index contributed by atoms with van der Waals surface area (Å²) in [5.41, 5.74) is 1.41. The summed E-state index contributed by atoms with van der Waals surface area (Å²) < 4.78 is 6.19. The summed E-state index contributed by atoms with van der Waals surface area (Å²) in [5, 5.41) is 3.51. The van der Waals surface area contributed by atoms with Gasteiger partial charge < -0.3 is 15.0 Å². The minimum absolute atomic E-state index is 0.0351. The lowest BCUT2D eigenvalue weighted by molar-refractivity contribution is -0.121. The number of carbonyl (C=O) groups is 2. The number of piperidine rings is 1. The van der Waals surface area contributed by atoms with Gasteiger partial charge >= 0.3 is 0 Å². The van der Waals surface area contributed by atoms with Crippen LogP contribution in [0.4, 0.5) is 5.13 Å². The highest BCUT2D eigenvalue weighted by molar-refractivity contribution is 7.22. The molecule has 0 atom stereocenters. The average Bonchev–Trinajstić information content (AvgIpc) is 3.15. The van der Waals surface area contributed by atoms with E-state index < -0.39 is 0 Å². The zero-order chi connectivity index (χ0) is 19.5. The van der Waals surface area contributed by atoms with E-state index >= 15 is 0 Å². The Balaban J connectivity index is 1.36. The third-order valence-corrected chi connectivity index (χ3v) is 5.82. The number of rotatable bonds is 4. The van der Waals surface area contributed by atoms with Gasteiger partial charge in [-0.15, -0.1) is 0 Å². The highest BCUT2D eigenvalue weighted by Crippen LogP contribution is 2.30. The van der Waals surface area contributed by atoms with Crippen molar-refractivity contribution in [2.45, 2.75) is 12.8 Å². The number of pyridine rings is 1. The molecule has 0 spiro atoms. The van der Waals surface area contributed by atoms with Crippen LogP contribution in [0.15, 0.2) is 42.7 Å². The SMILES string of the molecule is COc1ccc2nc(NC(=O)C3CCN(C(=O)c4cccnc4)CC3)sc2c1. The number of carbonyl (C=O) groups excluding carboxylic acids is 2. The average molecular weight is 396 g/mol. The Kier molecular flexibility index (Phi) is 5.21. The Hall–Kier alpha value is -3.00. The molecule has 4 rings (SSSR count). The fourth-order valence-electron chi connectivity index (χ4n) is 3.31. The minimum Gasteiger partial charge on any atom is -0.497 e. The molecule has 0 aliphatic carbocycles. The second-order valence-electron chi connectivity index (χ2n) is 6.65. The number of fused-ring (bicyclic) bond motifs is 1. The number of hydrogen-bond acceptors (Lipinski definition) is 6. The third-order valence-electron chi connectivity index (χ3n) is 4.89. The van der Waals surface area contributed by atoms with Crippen molar-refractivity contribution in [1.82, 2.24) is 14.9 Å². The number of thiazole rings is 1. The number of nitrogens with one attached hydrogen (secondary N) is 1. The lowest BCUT2D eigenvalue weighted by Crippen LogP contribution is -2.41. The van der Waals surface area contributed by atoms with E-state index in [0.29, 0.717) is 36.6 Å². The van der Waals surface area contributed by atoms with E-state index in [-0.39, 0.29) is 17.7 Å². The number of anilines is 1. The molecule has 1 aromatic carbocycles. The molecule has 8 heteroatoms. The fraction of sp³-hybridized carbons (Fsp3) is 0.300. The lowest BCUT2D eigenvalue weighted by atomic mass is 9.95. The number of methoxy groups -OCH3 is 1. The number of ether oxygens (including phenoxy) is 1. The van der Waals surface area contributed by atoms with Crippen LogP contribution < -0.4 is 10.1 Å². The molecule has 1 aliphatic heterocycles. The first-order valence-electron chi connectivity index (χ1n) is 9.09. The van der Waals surface area contributed by atoms with Gasteiger partial charge in [-0.2, -0.15) is 0 Å². The number of aromatic nitrogens is 2. The standard InChI is InChI=1S/C20H20N4O3S/c1-27-15-4-5-16-17(11-15)28-20(22-16)23-18(25)13-6-9-24(10-7-13)19(26)14-3-2-8-21-12-14/h2-5,8,11-13H,6-7,9-10H2,1H3,(H,22,23,25). The molecule has 144 valence electrons. The van der Waals surface area contributed by atoms with E-state index in [1.807, 2.05) is 18.2 Å². The highest BCUT2D eigenvalue weighted by atomic mass is 32.1. The Morgan fingerprint density at radius 3 is 2.79 bits per heavy atom. The zero-order valence-corrected chi connectivity index (χ0v) is 16.2. The van der Waals surface area contributed by atoms with Crippen LogP contribution in [0.3, 0.4) is 0 Å². The topological polar surface area (TPSA) is 84.4 Å². The monoisotopic (exact) mass is 396 g/mol. The van der Waals surface area contributed by atoms with E-state index in [1.54, 1.807) is 36.5 Å². The van der Waals surface area contributed by atoms with Gasteiger partial charge in [-0.3, -0.25) is 14.6 Å². The van der Waals surface area contributed by atoms with E-state index in [0.717, 1.165) is 16.0 Å². The maximum absolute atomic E-state index is 12.6. The molecule has 0 unspecified atom stereocenters. The van der Waals surface area contributed by atoms with E-state index in [1.165, 1.54) is 11.3 Å². The number of likely N-dealkylation sites (tertiary alicyclic amines) is 1. The molecule has 0 bridgehead atoms. The van der Waals surface area contributed by atoms with Gasteiger partial charge in [0.25, 0.3) is 5.91 Å². The zero-order valence-electron chi connectivity index (χ0n) is 15.4. The molecule has 3 heterocycles. The van der Waals surface area contributed by atoms with Gasteiger partial charge in [0.2, 0.25) is 5.91 Å². The van der Waals surface area contributed by atoms with Gasteiger partial charge in [0.05, 0.1) is 22.9 Å². The maximum atomic E-state index is 12.6. The Labute approximate surface area is 166 Å². The second-order valence-corrected chi connectivity index (χ2v) is 7.68. The van der Waals surface area contributed by atoms with Gasteiger partial charge in [0.1, 0.15) is 5.75 Å². The first kappa shape index (κ1) is 18.4. The molecule has 2 aromatic heterocycles. The van der Waals surface area contributed by atoms with Gasteiger partial charge in [-0.25, -0.2) is 4.98 Å². The van der Waals surface area contributed by atoms with Crippen molar-refractivity contribution in [3.05, 3.63) is 48.3 Å². The smallest absolute Gasteiger partial charge is 0.255 e. The van der Waals surface area contributed by atoms with Gasteiger partial charge in [0.15, 0.2) is 5.13 Å². The van der Waals surface area contributed by atoms with E-state index in [9.17, 15) is 9.59 Å². The van der Waals surface area contributed by atoms with Crippen molar-refractivity contribution in [2.75, 3.05) is 25.5 Å². The van der Waals surface area contributed by atoms with Crippen LogP contribution in [-0.2, 0) is 4.79 Å².